The van der Waals surface area contributed by atoms with Crippen LogP contribution < -0.4 is 0 Å². The van der Waals surface area contributed by atoms with E-state index in [1.807, 2.05) is 0 Å². The summed E-state index contributed by atoms with van der Waals surface area (Å²) in [6, 6.07) is 0. The quantitative estimate of drug-likeness (QED) is 0.0222. The summed E-state index contributed by atoms with van der Waals surface area (Å²) in [5.74, 6) is 0.780. The molecule has 0 aliphatic rings. The van der Waals surface area contributed by atoms with Crippen molar-refractivity contribution in [1.82, 2.24) is 0 Å². The van der Waals surface area contributed by atoms with E-state index in [4.69, 9.17) is 37.0 Å². The van der Waals surface area contributed by atoms with E-state index in [1.165, 1.54) is 135 Å². The Morgan fingerprint density at radius 3 is 0.697 bits per heavy atom. The van der Waals surface area contributed by atoms with Crippen LogP contribution in [0.4, 0.5) is 0 Å². The average molecular weight is 1310 g/mol. The maximum Gasteiger partial charge on any atom is 0.472 e. The van der Waals surface area contributed by atoms with Gasteiger partial charge < -0.3 is 33.8 Å². The van der Waals surface area contributed by atoms with Crippen LogP contribution in [0.5, 0.6) is 0 Å². The number of carbonyl (C=O) groups excluding carboxylic acids is 4. The monoisotopic (exact) mass is 1310 g/mol. The molecule has 0 saturated heterocycles. The molecule has 5 atom stereocenters. The fourth-order valence-corrected chi connectivity index (χ4v) is 12.1. The predicted octanol–water partition coefficient (Wildman–Crippen LogP) is 19.7. The molecule has 0 radical (unpaired) electrons. The summed E-state index contributed by atoms with van der Waals surface area (Å²) < 4.78 is 68.2. The Morgan fingerprint density at radius 2 is 0.472 bits per heavy atom. The van der Waals surface area contributed by atoms with Gasteiger partial charge in [-0.2, -0.15) is 0 Å². The summed E-state index contributed by atoms with van der Waals surface area (Å²) in [6.45, 7) is 14.0. The van der Waals surface area contributed by atoms with Gasteiger partial charge in [0.1, 0.15) is 19.3 Å². The molecule has 3 N–H and O–H groups in total. The molecule has 2 unspecified atom stereocenters. The fraction of sp³-hybridized carbons (Fsp3) is 0.943. The molecule has 0 amide bonds. The molecule has 0 bridgehead atoms. The van der Waals surface area contributed by atoms with Gasteiger partial charge in [-0.05, 0) is 49.4 Å². The highest BCUT2D eigenvalue weighted by molar-refractivity contribution is 7.47. The van der Waals surface area contributed by atoms with Gasteiger partial charge in [0.2, 0.25) is 0 Å². The Labute approximate surface area is 543 Å². The lowest BCUT2D eigenvalue weighted by Crippen LogP contribution is -2.30. The van der Waals surface area contributed by atoms with Gasteiger partial charge in [0.25, 0.3) is 0 Å². The Balaban J connectivity index is 5.19. The maximum atomic E-state index is 13.0. The van der Waals surface area contributed by atoms with Crippen LogP contribution in [-0.4, -0.2) is 96.7 Å². The minimum atomic E-state index is -4.95. The van der Waals surface area contributed by atoms with Gasteiger partial charge in [0.15, 0.2) is 12.2 Å². The van der Waals surface area contributed by atoms with Crippen molar-refractivity contribution in [1.29, 1.82) is 0 Å². The minimum Gasteiger partial charge on any atom is -0.462 e. The molecule has 89 heavy (non-hydrogen) atoms. The van der Waals surface area contributed by atoms with Crippen LogP contribution in [0.1, 0.15) is 344 Å². The highest BCUT2D eigenvalue weighted by Gasteiger charge is 2.30. The van der Waals surface area contributed by atoms with Crippen LogP contribution >= 0.6 is 15.6 Å². The first-order chi connectivity index (χ1) is 42.6. The van der Waals surface area contributed by atoms with Crippen LogP contribution in [0, 0.1) is 23.7 Å². The Morgan fingerprint density at radius 1 is 0.281 bits per heavy atom. The number of hydrogen-bond donors (Lipinski definition) is 3. The number of carbonyl (C=O) groups is 4. The van der Waals surface area contributed by atoms with Gasteiger partial charge >= 0.3 is 39.5 Å². The van der Waals surface area contributed by atoms with Gasteiger partial charge in [0, 0.05) is 25.7 Å². The Kier molecular flexibility index (Phi) is 58.5. The van der Waals surface area contributed by atoms with E-state index in [-0.39, 0.29) is 25.7 Å². The van der Waals surface area contributed by atoms with Crippen molar-refractivity contribution in [3.63, 3.8) is 0 Å². The van der Waals surface area contributed by atoms with Gasteiger partial charge in [-0.3, -0.25) is 37.3 Å². The van der Waals surface area contributed by atoms with Gasteiger partial charge in [-0.15, -0.1) is 0 Å². The van der Waals surface area contributed by atoms with Crippen molar-refractivity contribution in [3.8, 4) is 0 Å². The zero-order valence-electron chi connectivity index (χ0n) is 58.1. The van der Waals surface area contributed by atoms with E-state index in [0.717, 1.165) is 115 Å². The molecule has 0 heterocycles. The largest absolute Gasteiger partial charge is 0.472 e. The van der Waals surface area contributed by atoms with Crippen molar-refractivity contribution in [2.45, 2.75) is 363 Å². The third kappa shape index (κ3) is 64.6. The Bertz CT molecular complexity index is 1760. The number of phosphoric acid groups is 2. The standard InChI is InChI=1S/C70H136O17P2/c1-60(2)46-38-30-22-18-14-12-10-9-11-13-15-20-24-36-44-52-69(74)86-65(56-80-67(72)50-42-34-28-26-32-40-48-62(5)6)58-84-88(76,77)82-54-64(71)55-83-89(78,79)85-59-66(57-81-68(73)51-43-35-29-27-33-41-49-63(7)8)87-70(75)53-45-37-25-21-17-16-19-23-31-39-47-61(3)4/h60-66,71H,9-59H2,1-8H3,(H,76,77)(H,78,79)/t64-,65-,66-/m1/s1. The highest BCUT2D eigenvalue weighted by Crippen LogP contribution is 2.45. The van der Waals surface area contributed by atoms with E-state index in [0.29, 0.717) is 37.5 Å². The zero-order chi connectivity index (χ0) is 66.1. The second-order valence-electron chi connectivity index (χ2n) is 27.2. The Hall–Kier alpha value is -1.94. The zero-order valence-corrected chi connectivity index (χ0v) is 59.8. The first-order valence-electron chi connectivity index (χ1n) is 36.2. The molecule has 0 spiro atoms. The molecule has 17 nitrogen and oxygen atoms in total. The number of aliphatic hydroxyl groups excluding tert-OH is 1. The van der Waals surface area contributed by atoms with E-state index in [2.05, 4.69) is 55.4 Å². The molecule has 0 aromatic rings. The van der Waals surface area contributed by atoms with Crippen LogP contribution in [0.15, 0.2) is 0 Å². The van der Waals surface area contributed by atoms with Crippen LogP contribution in [0.3, 0.4) is 0 Å². The van der Waals surface area contributed by atoms with Gasteiger partial charge in [0.05, 0.1) is 26.4 Å². The molecule has 0 fully saturated rings. The number of aliphatic hydroxyl groups is 1. The van der Waals surface area contributed by atoms with Crippen molar-refractivity contribution in [2.75, 3.05) is 39.6 Å². The minimum absolute atomic E-state index is 0.104. The normalized spacial score (nSPS) is 14.3. The second kappa shape index (κ2) is 59.8. The predicted molar refractivity (Wildman–Crippen MR) is 358 cm³/mol. The highest BCUT2D eigenvalue weighted by atomic mass is 31.2. The summed E-state index contributed by atoms with van der Waals surface area (Å²) in [7, 11) is -9.90. The first-order valence-corrected chi connectivity index (χ1v) is 39.2. The molecular weight excluding hydrogens is 1170 g/mol. The summed E-state index contributed by atoms with van der Waals surface area (Å²) in [5.41, 5.74) is 0. The first kappa shape index (κ1) is 87.1. The molecule has 0 aromatic heterocycles. The van der Waals surface area contributed by atoms with Gasteiger partial charge in [-0.25, -0.2) is 9.13 Å². The van der Waals surface area contributed by atoms with Crippen molar-refractivity contribution < 1.29 is 80.2 Å². The number of unbranched alkanes of at least 4 members (excludes halogenated alkanes) is 33. The lowest BCUT2D eigenvalue weighted by atomic mass is 10.0. The second-order valence-corrected chi connectivity index (χ2v) is 30.1. The summed E-state index contributed by atoms with van der Waals surface area (Å²) in [5, 5.41) is 10.6. The van der Waals surface area contributed by atoms with Crippen LogP contribution in [0.25, 0.3) is 0 Å². The smallest absolute Gasteiger partial charge is 0.462 e. The molecular formula is C70H136O17P2. The average Bonchev–Trinajstić information content (AvgIpc) is 3.69. The topological polar surface area (TPSA) is 237 Å². The summed E-state index contributed by atoms with van der Waals surface area (Å²) in [6.07, 6.45) is 42.0. The van der Waals surface area contributed by atoms with E-state index >= 15 is 0 Å². The lowest BCUT2D eigenvalue weighted by molar-refractivity contribution is -0.161. The van der Waals surface area contributed by atoms with Crippen LogP contribution in [-0.2, 0) is 65.4 Å². The number of ether oxygens (including phenoxy) is 4. The fourth-order valence-electron chi connectivity index (χ4n) is 10.5. The van der Waals surface area contributed by atoms with E-state index in [1.54, 1.807) is 0 Å². The van der Waals surface area contributed by atoms with E-state index in [9.17, 15) is 43.2 Å². The number of rotatable bonds is 67. The van der Waals surface area contributed by atoms with E-state index < -0.39 is 97.5 Å². The van der Waals surface area contributed by atoms with Crippen molar-refractivity contribution in [2.24, 2.45) is 23.7 Å². The third-order valence-electron chi connectivity index (χ3n) is 16.1. The number of esters is 4. The molecule has 0 aliphatic carbocycles. The summed E-state index contributed by atoms with van der Waals surface area (Å²) >= 11 is 0. The SMILES string of the molecule is CC(C)CCCCCCCCCCCCCCCCCC(=O)O[C@H](COC(=O)CCCCCCCCC(C)C)COP(=O)(O)OC[C@@H](O)COP(=O)(O)OC[C@@H](COC(=O)CCCCCCCCC(C)C)OC(=O)CCCCCCCCCCCCC(C)C. The van der Waals surface area contributed by atoms with Crippen molar-refractivity contribution >= 4 is 39.5 Å². The number of hydrogen-bond acceptors (Lipinski definition) is 15. The van der Waals surface area contributed by atoms with Gasteiger partial charge in [-0.1, -0.05) is 293 Å². The molecule has 0 rings (SSSR count). The maximum absolute atomic E-state index is 13.0. The summed E-state index contributed by atoms with van der Waals surface area (Å²) in [4.78, 5) is 72.4. The molecule has 0 saturated carbocycles. The van der Waals surface area contributed by atoms with Crippen molar-refractivity contribution in [3.05, 3.63) is 0 Å². The molecule has 0 aliphatic heterocycles. The van der Waals surface area contributed by atoms with Crippen LogP contribution in [0.2, 0.25) is 0 Å². The molecule has 528 valence electrons. The molecule has 19 heteroatoms. The lowest BCUT2D eigenvalue weighted by Gasteiger charge is -2.21. The molecule has 0 aromatic carbocycles. The third-order valence-corrected chi connectivity index (χ3v) is 18.0. The number of phosphoric ester groups is 2.